The first-order chi connectivity index (χ1) is 10.6. The lowest BCUT2D eigenvalue weighted by Crippen LogP contribution is -2.46. The SMILES string of the molecule is CN(C)C(=O)CNC(=NCc1ccccc1)NC1CCCC1. The number of nitrogens with zero attached hydrogens (tertiary/aromatic N) is 2. The average Bonchev–Trinajstić information content (AvgIpc) is 3.03. The van der Waals surface area contributed by atoms with Crippen LogP contribution in [0.3, 0.4) is 0 Å². The standard InChI is InChI=1S/C17H26N4O/c1-21(2)16(22)13-19-17(20-15-10-6-7-11-15)18-12-14-8-4-3-5-9-14/h3-5,8-9,15H,6-7,10-13H2,1-2H3,(H2,18,19,20). The second-order valence-corrected chi connectivity index (χ2v) is 5.92. The van der Waals surface area contributed by atoms with E-state index in [-0.39, 0.29) is 12.5 Å². The van der Waals surface area contributed by atoms with Crippen LogP contribution in [0.4, 0.5) is 0 Å². The van der Waals surface area contributed by atoms with Crippen molar-refractivity contribution in [3.8, 4) is 0 Å². The van der Waals surface area contributed by atoms with Crippen molar-refractivity contribution in [2.45, 2.75) is 38.3 Å². The van der Waals surface area contributed by atoms with Crippen LogP contribution in [0.2, 0.25) is 0 Å². The number of benzene rings is 1. The van der Waals surface area contributed by atoms with Crippen LogP contribution in [-0.4, -0.2) is 43.4 Å². The van der Waals surface area contributed by atoms with E-state index in [2.05, 4.69) is 27.8 Å². The summed E-state index contributed by atoms with van der Waals surface area (Å²) in [5.74, 6) is 0.770. The number of hydrogen-bond donors (Lipinski definition) is 2. The van der Waals surface area contributed by atoms with Gasteiger partial charge in [-0.3, -0.25) is 4.79 Å². The third-order valence-corrected chi connectivity index (χ3v) is 3.86. The predicted octanol–water partition coefficient (Wildman–Crippen LogP) is 1.75. The van der Waals surface area contributed by atoms with Crippen LogP contribution in [0.15, 0.2) is 35.3 Å². The number of carbonyl (C=O) groups excluding carboxylic acids is 1. The highest BCUT2D eigenvalue weighted by molar-refractivity contribution is 5.86. The quantitative estimate of drug-likeness (QED) is 0.643. The van der Waals surface area contributed by atoms with Gasteiger partial charge in [0, 0.05) is 20.1 Å². The third kappa shape index (κ3) is 5.39. The van der Waals surface area contributed by atoms with Crippen LogP contribution < -0.4 is 10.6 Å². The molecule has 2 N–H and O–H groups in total. The van der Waals surface area contributed by atoms with E-state index in [1.54, 1.807) is 19.0 Å². The van der Waals surface area contributed by atoms with Crippen molar-refractivity contribution < 1.29 is 4.79 Å². The molecule has 0 spiro atoms. The van der Waals surface area contributed by atoms with Crippen molar-refractivity contribution in [3.05, 3.63) is 35.9 Å². The van der Waals surface area contributed by atoms with E-state index in [9.17, 15) is 4.79 Å². The molecule has 120 valence electrons. The molecular formula is C17H26N4O. The van der Waals surface area contributed by atoms with Crippen LogP contribution in [-0.2, 0) is 11.3 Å². The maximum atomic E-state index is 11.7. The summed E-state index contributed by atoms with van der Waals surface area (Å²) >= 11 is 0. The molecule has 0 aliphatic heterocycles. The number of aliphatic imine (C=N–C) groups is 1. The molecule has 0 unspecified atom stereocenters. The van der Waals surface area contributed by atoms with Gasteiger partial charge in [-0.2, -0.15) is 0 Å². The van der Waals surface area contributed by atoms with Gasteiger partial charge in [0.15, 0.2) is 5.96 Å². The van der Waals surface area contributed by atoms with Gasteiger partial charge >= 0.3 is 0 Å². The van der Waals surface area contributed by atoms with Gasteiger partial charge in [0.25, 0.3) is 0 Å². The largest absolute Gasteiger partial charge is 0.354 e. The molecule has 1 amide bonds. The molecule has 5 heteroatoms. The van der Waals surface area contributed by atoms with Gasteiger partial charge in [0.2, 0.25) is 5.91 Å². The molecule has 1 fully saturated rings. The summed E-state index contributed by atoms with van der Waals surface area (Å²) in [5.41, 5.74) is 1.16. The number of hydrogen-bond acceptors (Lipinski definition) is 2. The molecule has 1 aromatic carbocycles. The number of carbonyl (C=O) groups is 1. The Kier molecular flexibility index (Phi) is 6.25. The minimum atomic E-state index is 0.0423. The first-order valence-corrected chi connectivity index (χ1v) is 7.94. The Balaban J connectivity index is 1.95. The lowest BCUT2D eigenvalue weighted by Gasteiger charge is -2.18. The Labute approximate surface area is 132 Å². The zero-order valence-electron chi connectivity index (χ0n) is 13.5. The van der Waals surface area contributed by atoms with Crippen molar-refractivity contribution in [2.24, 2.45) is 4.99 Å². The Hall–Kier alpha value is -2.04. The first kappa shape index (κ1) is 16.3. The van der Waals surface area contributed by atoms with Crippen molar-refractivity contribution in [1.29, 1.82) is 0 Å². The van der Waals surface area contributed by atoms with E-state index < -0.39 is 0 Å². The molecule has 5 nitrogen and oxygen atoms in total. The molecule has 0 bridgehead atoms. The van der Waals surface area contributed by atoms with Gasteiger partial charge in [-0.05, 0) is 18.4 Å². The fourth-order valence-electron chi connectivity index (χ4n) is 2.49. The Morgan fingerprint density at radius 2 is 1.91 bits per heavy atom. The summed E-state index contributed by atoms with van der Waals surface area (Å²) in [6.45, 7) is 0.874. The molecule has 0 saturated heterocycles. The molecule has 0 aromatic heterocycles. The van der Waals surface area contributed by atoms with Crippen molar-refractivity contribution in [2.75, 3.05) is 20.6 Å². The molecule has 22 heavy (non-hydrogen) atoms. The summed E-state index contributed by atoms with van der Waals surface area (Å²) in [6, 6.07) is 10.6. The van der Waals surface area contributed by atoms with Crippen LogP contribution in [0.25, 0.3) is 0 Å². The highest BCUT2D eigenvalue weighted by atomic mass is 16.2. The topological polar surface area (TPSA) is 56.7 Å². The second-order valence-electron chi connectivity index (χ2n) is 5.92. The highest BCUT2D eigenvalue weighted by Gasteiger charge is 2.16. The Morgan fingerprint density at radius 3 is 2.55 bits per heavy atom. The molecule has 1 saturated carbocycles. The normalized spacial score (nSPS) is 15.6. The number of nitrogens with one attached hydrogen (secondary N) is 2. The summed E-state index contributed by atoms with van der Waals surface area (Å²) in [7, 11) is 3.52. The summed E-state index contributed by atoms with van der Waals surface area (Å²) in [5, 5.41) is 6.59. The lowest BCUT2D eigenvalue weighted by atomic mass is 10.2. The van der Waals surface area contributed by atoms with Crippen LogP contribution in [0, 0.1) is 0 Å². The highest BCUT2D eigenvalue weighted by Crippen LogP contribution is 2.17. The fraction of sp³-hybridized carbons (Fsp3) is 0.529. The Morgan fingerprint density at radius 1 is 1.23 bits per heavy atom. The molecule has 2 rings (SSSR count). The minimum absolute atomic E-state index is 0.0423. The zero-order chi connectivity index (χ0) is 15.8. The monoisotopic (exact) mass is 302 g/mol. The minimum Gasteiger partial charge on any atom is -0.354 e. The Bertz CT molecular complexity index is 493. The maximum Gasteiger partial charge on any atom is 0.241 e. The van der Waals surface area contributed by atoms with Gasteiger partial charge in [-0.15, -0.1) is 0 Å². The smallest absolute Gasteiger partial charge is 0.241 e. The average molecular weight is 302 g/mol. The first-order valence-electron chi connectivity index (χ1n) is 7.94. The zero-order valence-corrected chi connectivity index (χ0v) is 13.5. The van der Waals surface area contributed by atoms with Crippen molar-refractivity contribution in [1.82, 2.24) is 15.5 Å². The molecule has 0 heterocycles. The van der Waals surface area contributed by atoms with Crippen LogP contribution in [0.1, 0.15) is 31.2 Å². The van der Waals surface area contributed by atoms with E-state index in [1.807, 2.05) is 18.2 Å². The van der Waals surface area contributed by atoms with E-state index >= 15 is 0 Å². The van der Waals surface area contributed by atoms with Crippen LogP contribution in [0.5, 0.6) is 0 Å². The van der Waals surface area contributed by atoms with E-state index in [0.29, 0.717) is 12.6 Å². The van der Waals surface area contributed by atoms with Crippen molar-refractivity contribution in [3.63, 3.8) is 0 Å². The van der Waals surface area contributed by atoms with E-state index in [1.165, 1.54) is 25.7 Å². The number of likely N-dealkylation sites (N-methyl/N-ethyl adjacent to an activating group) is 1. The van der Waals surface area contributed by atoms with Gasteiger partial charge in [-0.1, -0.05) is 43.2 Å². The van der Waals surface area contributed by atoms with Gasteiger partial charge in [0.1, 0.15) is 0 Å². The summed E-state index contributed by atoms with van der Waals surface area (Å²) in [6.07, 6.45) is 4.88. The molecule has 1 aliphatic carbocycles. The summed E-state index contributed by atoms with van der Waals surface area (Å²) in [4.78, 5) is 17.9. The summed E-state index contributed by atoms with van der Waals surface area (Å²) < 4.78 is 0. The molecular weight excluding hydrogens is 276 g/mol. The predicted molar refractivity (Wildman–Crippen MR) is 89.7 cm³/mol. The maximum absolute atomic E-state index is 11.7. The molecule has 0 atom stereocenters. The molecule has 0 radical (unpaired) electrons. The van der Waals surface area contributed by atoms with Crippen molar-refractivity contribution >= 4 is 11.9 Å². The number of guanidine groups is 1. The fourth-order valence-corrected chi connectivity index (χ4v) is 2.49. The van der Waals surface area contributed by atoms with Gasteiger partial charge in [-0.25, -0.2) is 4.99 Å². The molecule has 1 aliphatic rings. The third-order valence-electron chi connectivity index (χ3n) is 3.86. The van der Waals surface area contributed by atoms with Gasteiger partial charge in [0.05, 0.1) is 13.1 Å². The number of rotatable bonds is 5. The lowest BCUT2D eigenvalue weighted by molar-refractivity contribution is -0.127. The van der Waals surface area contributed by atoms with Crippen LogP contribution >= 0.6 is 0 Å². The second kappa shape index (κ2) is 8.41. The van der Waals surface area contributed by atoms with E-state index in [4.69, 9.17) is 0 Å². The molecule has 1 aromatic rings. The number of amides is 1. The van der Waals surface area contributed by atoms with E-state index in [0.717, 1.165) is 11.5 Å². The van der Waals surface area contributed by atoms with Gasteiger partial charge < -0.3 is 15.5 Å².